The second-order valence-electron chi connectivity index (χ2n) is 7.63. The topological polar surface area (TPSA) is 43.4 Å². The van der Waals surface area contributed by atoms with Gasteiger partial charge in [-0.1, -0.05) is 60.0 Å². The smallest absolute Gasteiger partial charge is 0.338 e. The van der Waals surface area contributed by atoms with Crippen LogP contribution in [0.1, 0.15) is 77.6 Å². The van der Waals surface area contributed by atoms with Crippen molar-refractivity contribution in [2.45, 2.75) is 51.4 Å². The zero-order valence-electron chi connectivity index (χ0n) is 16.3. The first-order valence-corrected chi connectivity index (χ1v) is 10.9. The molecule has 0 radical (unpaired) electrons. The average molecular weight is 443 g/mol. The van der Waals surface area contributed by atoms with Crippen molar-refractivity contribution >= 4 is 27.7 Å². The van der Waals surface area contributed by atoms with Crippen molar-refractivity contribution in [2.75, 3.05) is 6.61 Å². The summed E-state index contributed by atoms with van der Waals surface area (Å²) >= 11 is 3.33. The molecule has 0 amide bonds. The van der Waals surface area contributed by atoms with E-state index in [1.54, 1.807) is 24.3 Å². The summed E-state index contributed by atoms with van der Waals surface area (Å²) in [5.41, 5.74) is 2.33. The lowest BCUT2D eigenvalue weighted by molar-refractivity contribution is 0.0474. The van der Waals surface area contributed by atoms with Crippen molar-refractivity contribution in [1.29, 1.82) is 0 Å². The minimum absolute atomic E-state index is 0.207. The normalized spacial score (nSPS) is 19.2. The number of halogens is 1. The Kier molecular flexibility index (Phi) is 7.43. The van der Waals surface area contributed by atoms with Crippen LogP contribution in [0.4, 0.5) is 0 Å². The maximum absolute atomic E-state index is 12.3. The summed E-state index contributed by atoms with van der Waals surface area (Å²) < 4.78 is 6.10. The van der Waals surface area contributed by atoms with E-state index in [1.165, 1.54) is 44.1 Å². The van der Waals surface area contributed by atoms with Gasteiger partial charge in [0.25, 0.3) is 0 Å². The summed E-state index contributed by atoms with van der Waals surface area (Å²) in [5.74, 6) is 0.820. The SMILES string of the molecule is CCCC1CCC(c2ccc(C(=O)OCC(=O)c3ccc(Br)cc3)cc2)CC1. The molecular formula is C24H27BrO3. The molecule has 0 saturated heterocycles. The number of ketones is 1. The Morgan fingerprint density at radius 2 is 1.54 bits per heavy atom. The molecule has 1 fully saturated rings. The number of rotatable bonds is 7. The van der Waals surface area contributed by atoms with Crippen molar-refractivity contribution in [3.63, 3.8) is 0 Å². The number of carbonyl (C=O) groups excluding carboxylic acids is 2. The number of hydrogen-bond acceptors (Lipinski definition) is 3. The number of benzene rings is 2. The Bertz CT molecular complexity index is 788. The molecule has 4 heteroatoms. The van der Waals surface area contributed by atoms with E-state index in [1.807, 2.05) is 24.3 Å². The molecule has 3 nitrogen and oxygen atoms in total. The number of carbonyl (C=O) groups is 2. The molecule has 0 aromatic heterocycles. The molecule has 0 aliphatic heterocycles. The van der Waals surface area contributed by atoms with Gasteiger partial charge in [-0.2, -0.15) is 0 Å². The molecular weight excluding hydrogens is 416 g/mol. The van der Waals surface area contributed by atoms with Crippen molar-refractivity contribution in [1.82, 2.24) is 0 Å². The standard InChI is InChI=1S/C24H27BrO3/c1-2-3-17-4-6-18(7-5-17)19-8-10-21(11-9-19)24(27)28-16-23(26)20-12-14-22(25)15-13-20/h8-15,17-18H,2-7,16H2,1H3. The molecule has 3 rings (SSSR count). The van der Waals surface area contributed by atoms with Crippen molar-refractivity contribution in [3.05, 3.63) is 69.7 Å². The lowest BCUT2D eigenvalue weighted by Gasteiger charge is -2.28. The second kappa shape index (κ2) is 10.0. The van der Waals surface area contributed by atoms with Crippen LogP contribution < -0.4 is 0 Å². The summed E-state index contributed by atoms with van der Waals surface area (Å²) in [6.07, 6.45) is 7.69. The van der Waals surface area contributed by atoms with E-state index in [0.29, 0.717) is 17.0 Å². The fraction of sp³-hybridized carbons (Fsp3) is 0.417. The van der Waals surface area contributed by atoms with Gasteiger partial charge in [0.2, 0.25) is 0 Å². The maximum atomic E-state index is 12.3. The molecule has 148 valence electrons. The molecule has 28 heavy (non-hydrogen) atoms. The highest BCUT2D eigenvalue weighted by Crippen LogP contribution is 2.37. The lowest BCUT2D eigenvalue weighted by atomic mass is 9.77. The van der Waals surface area contributed by atoms with Crippen molar-refractivity contribution < 1.29 is 14.3 Å². The van der Waals surface area contributed by atoms with Crippen LogP contribution in [0.3, 0.4) is 0 Å². The fourth-order valence-corrected chi connectivity index (χ4v) is 4.28. The van der Waals surface area contributed by atoms with Crippen LogP contribution in [0.5, 0.6) is 0 Å². The molecule has 0 heterocycles. The van der Waals surface area contributed by atoms with Crippen LogP contribution in [0.2, 0.25) is 0 Å². The van der Waals surface area contributed by atoms with Gasteiger partial charge in [-0.15, -0.1) is 0 Å². The minimum Gasteiger partial charge on any atom is -0.454 e. The molecule has 0 N–H and O–H groups in total. The van der Waals surface area contributed by atoms with E-state index in [9.17, 15) is 9.59 Å². The van der Waals surface area contributed by atoms with Gasteiger partial charge in [0.05, 0.1) is 5.56 Å². The van der Waals surface area contributed by atoms with E-state index in [2.05, 4.69) is 22.9 Å². The molecule has 1 aliphatic carbocycles. The molecule has 0 unspecified atom stereocenters. The summed E-state index contributed by atoms with van der Waals surface area (Å²) in [7, 11) is 0. The Morgan fingerprint density at radius 3 is 2.14 bits per heavy atom. The molecule has 2 aromatic rings. The van der Waals surface area contributed by atoms with E-state index in [0.717, 1.165) is 10.4 Å². The lowest BCUT2D eigenvalue weighted by Crippen LogP contribution is -2.15. The van der Waals surface area contributed by atoms with Crippen molar-refractivity contribution in [3.8, 4) is 0 Å². The molecule has 0 bridgehead atoms. The monoisotopic (exact) mass is 442 g/mol. The van der Waals surface area contributed by atoms with Crippen LogP contribution in [0, 0.1) is 5.92 Å². The first kappa shape index (κ1) is 20.8. The third-order valence-corrected chi connectivity index (χ3v) is 6.19. The summed E-state index contributed by atoms with van der Waals surface area (Å²) in [4.78, 5) is 24.4. The predicted molar refractivity (Wildman–Crippen MR) is 115 cm³/mol. The largest absolute Gasteiger partial charge is 0.454 e. The Hall–Kier alpha value is -1.94. The van der Waals surface area contributed by atoms with Gasteiger partial charge in [0.15, 0.2) is 12.4 Å². The van der Waals surface area contributed by atoms with E-state index in [4.69, 9.17) is 4.74 Å². The molecule has 0 atom stereocenters. The Labute approximate surface area is 175 Å². The van der Waals surface area contributed by atoms with Crippen LogP contribution in [-0.4, -0.2) is 18.4 Å². The third kappa shape index (κ3) is 5.54. The zero-order chi connectivity index (χ0) is 19.9. The van der Waals surface area contributed by atoms with Crippen LogP contribution in [0.15, 0.2) is 53.0 Å². The van der Waals surface area contributed by atoms with Crippen LogP contribution in [-0.2, 0) is 4.74 Å². The highest BCUT2D eigenvalue weighted by atomic mass is 79.9. The maximum Gasteiger partial charge on any atom is 0.338 e. The first-order chi connectivity index (χ1) is 13.6. The zero-order valence-corrected chi connectivity index (χ0v) is 17.9. The van der Waals surface area contributed by atoms with Crippen LogP contribution >= 0.6 is 15.9 Å². The molecule has 1 aliphatic rings. The molecule has 0 spiro atoms. The summed E-state index contributed by atoms with van der Waals surface area (Å²) in [5, 5.41) is 0. The van der Waals surface area contributed by atoms with Gasteiger partial charge in [0.1, 0.15) is 0 Å². The highest BCUT2D eigenvalue weighted by molar-refractivity contribution is 9.10. The minimum atomic E-state index is -0.455. The van der Waals surface area contributed by atoms with E-state index in [-0.39, 0.29) is 12.4 Å². The van der Waals surface area contributed by atoms with E-state index < -0.39 is 5.97 Å². The van der Waals surface area contributed by atoms with Crippen LogP contribution in [0.25, 0.3) is 0 Å². The number of hydrogen-bond donors (Lipinski definition) is 0. The average Bonchev–Trinajstić information content (AvgIpc) is 2.73. The van der Waals surface area contributed by atoms with Gasteiger partial charge < -0.3 is 4.74 Å². The molecule has 1 saturated carbocycles. The number of ether oxygens (including phenoxy) is 1. The van der Waals surface area contributed by atoms with Gasteiger partial charge in [-0.05, 0) is 67.3 Å². The summed E-state index contributed by atoms with van der Waals surface area (Å²) in [6, 6.07) is 14.7. The Balaban J connectivity index is 1.51. The third-order valence-electron chi connectivity index (χ3n) is 5.66. The predicted octanol–water partition coefficient (Wildman–Crippen LogP) is 6.56. The summed E-state index contributed by atoms with van der Waals surface area (Å²) in [6.45, 7) is 2.01. The first-order valence-electron chi connectivity index (χ1n) is 10.1. The van der Waals surface area contributed by atoms with Crippen molar-refractivity contribution in [2.24, 2.45) is 5.92 Å². The second-order valence-corrected chi connectivity index (χ2v) is 8.55. The van der Waals surface area contributed by atoms with Gasteiger partial charge in [0, 0.05) is 10.0 Å². The van der Waals surface area contributed by atoms with Gasteiger partial charge in [-0.25, -0.2) is 4.79 Å². The number of esters is 1. The Morgan fingerprint density at radius 1 is 0.929 bits per heavy atom. The highest BCUT2D eigenvalue weighted by Gasteiger charge is 2.22. The quantitative estimate of drug-likeness (QED) is 0.359. The fourth-order valence-electron chi connectivity index (χ4n) is 4.02. The number of Topliss-reactive ketones (excluding diaryl/α,β-unsaturated/α-hetero) is 1. The molecule has 2 aromatic carbocycles. The van der Waals surface area contributed by atoms with Gasteiger partial charge >= 0.3 is 5.97 Å². The van der Waals surface area contributed by atoms with Gasteiger partial charge in [-0.3, -0.25) is 4.79 Å². The van der Waals surface area contributed by atoms with E-state index >= 15 is 0 Å².